The van der Waals surface area contributed by atoms with E-state index in [1.165, 1.54) is 0 Å². The second-order valence-corrected chi connectivity index (χ2v) is 6.80. The molecule has 0 unspecified atom stereocenters. The maximum Gasteiger partial charge on any atom is 0.140 e. The molecular weight excluding hydrogens is 278 g/mol. The van der Waals surface area contributed by atoms with Crippen LogP contribution in [0.15, 0.2) is 12.3 Å². The Morgan fingerprint density at radius 3 is 2.63 bits per heavy atom. The molecule has 0 aliphatic carbocycles. The van der Waals surface area contributed by atoms with Crippen molar-refractivity contribution in [2.75, 3.05) is 0 Å². The SMILES string of the molecule is Cc1cc(Cl)cn2c(CC(N)=S)c(C(C)(C)C)nc12. The molecule has 0 aliphatic heterocycles. The van der Waals surface area contributed by atoms with Crippen LogP contribution >= 0.6 is 23.8 Å². The van der Waals surface area contributed by atoms with Crippen molar-refractivity contribution in [3.05, 3.63) is 34.2 Å². The lowest BCUT2D eigenvalue weighted by Gasteiger charge is -2.17. The van der Waals surface area contributed by atoms with Gasteiger partial charge in [0.2, 0.25) is 0 Å². The molecule has 0 radical (unpaired) electrons. The van der Waals surface area contributed by atoms with Gasteiger partial charge in [-0.05, 0) is 18.6 Å². The molecule has 0 aromatic carbocycles. The normalized spacial score (nSPS) is 12.1. The van der Waals surface area contributed by atoms with Crippen molar-refractivity contribution in [2.45, 2.75) is 39.5 Å². The fraction of sp³-hybridized carbons (Fsp3) is 0.429. The molecule has 5 heteroatoms. The van der Waals surface area contributed by atoms with Crippen LogP contribution in [0, 0.1) is 6.92 Å². The minimum Gasteiger partial charge on any atom is -0.393 e. The highest BCUT2D eigenvalue weighted by Crippen LogP contribution is 2.29. The molecule has 0 amide bonds. The maximum absolute atomic E-state index is 6.14. The number of hydrogen-bond donors (Lipinski definition) is 1. The van der Waals surface area contributed by atoms with E-state index in [2.05, 4.69) is 20.8 Å². The Hall–Kier alpha value is -1.13. The van der Waals surface area contributed by atoms with Crippen molar-refractivity contribution in [3.63, 3.8) is 0 Å². The standard InChI is InChI=1S/C14H18ClN3S/c1-8-5-9(15)7-18-10(6-11(16)19)12(14(2,3)4)17-13(8)18/h5,7H,6H2,1-4H3,(H2,16,19). The third-order valence-electron chi connectivity index (χ3n) is 3.02. The lowest BCUT2D eigenvalue weighted by Crippen LogP contribution is -2.19. The van der Waals surface area contributed by atoms with Crippen molar-refractivity contribution in [1.82, 2.24) is 9.38 Å². The van der Waals surface area contributed by atoms with Gasteiger partial charge in [0.1, 0.15) is 5.65 Å². The fourth-order valence-corrected chi connectivity index (χ4v) is 2.65. The van der Waals surface area contributed by atoms with Gasteiger partial charge in [-0.3, -0.25) is 0 Å². The van der Waals surface area contributed by atoms with E-state index in [9.17, 15) is 0 Å². The van der Waals surface area contributed by atoms with Crippen molar-refractivity contribution in [2.24, 2.45) is 5.73 Å². The molecule has 0 saturated carbocycles. The Balaban J connectivity index is 2.81. The highest BCUT2D eigenvalue weighted by molar-refractivity contribution is 7.80. The minimum atomic E-state index is -0.0644. The number of hydrogen-bond acceptors (Lipinski definition) is 2. The Labute approximate surface area is 123 Å². The van der Waals surface area contributed by atoms with Crippen LogP contribution in [0.2, 0.25) is 5.02 Å². The first-order chi connectivity index (χ1) is 8.70. The number of aromatic nitrogens is 2. The smallest absolute Gasteiger partial charge is 0.140 e. The summed E-state index contributed by atoms with van der Waals surface area (Å²) in [6.45, 7) is 8.41. The molecule has 2 N–H and O–H groups in total. The zero-order valence-electron chi connectivity index (χ0n) is 11.6. The van der Waals surface area contributed by atoms with E-state index in [4.69, 9.17) is 34.5 Å². The van der Waals surface area contributed by atoms with Crippen LogP contribution in [0.3, 0.4) is 0 Å². The van der Waals surface area contributed by atoms with Crippen LogP contribution in [0.25, 0.3) is 5.65 Å². The summed E-state index contributed by atoms with van der Waals surface area (Å²) in [5.41, 5.74) is 9.67. The summed E-state index contributed by atoms with van der Waals surface area (Å²) in [5, 5.41) is 0.687. The molecule has 3 nitrogen and oxygen atoms in total. The highest BCUT2D eigenvalue weighted by atomic mass is 35.5. The van der Waals surface area contributed by atoms with Gasteiger partial charge in [0.05, 0.1) is 21.4 Å². The van der Waals surface area contributed by atoms with Gasteiger partial charge in [-0.1, -0.05) is 44.6 Å². The molecule has 102 valence electrons. The van der Waals surface area contributed by atoms with Gasteiger partial charge in [-0.25, -0.2) is 4.98 Å². The Kier molecular flexibility index (Phi) is 3.58. The average Bonchev–Trinajstić information content (AvgIpc) is 2.56. The molecular formula is C14H18ClN3S. The predicted octanol–water partition coefficient (Wildman–Crippen LogP) is 3.42. The number of halogens is 1. The van der Waals surface area contributed by atoms with Gasteiger partial charge in [-0.15, -0.1) is 0 Å². The molecule has 0 spiro atoms. The van der Waals surface area contributed by atoms with Crippen molar-refractivity contribution < 1.29 is 0 Å². The number of nitrogens with two attached hydrogens (primary N) is 1. The summed E-state index contributed by atoms with van der Waals surface area (Å²) < 4.78 is 2.01. The van der Waals surface area contributed by atoms with Crippen LogP contribution in [0.4, 0.5) is 0 Å². The largest absolute Gasteiger partial charge is 0.393 e. The molecule has 0 atom stereocenters. The first-order valence-corrected chi connectivity index (χ1v) is 6.94. The highest BCUT2D eigenvalue weighted by Gasteiger charge is 2.24. The Morgan fingerprint density at radius 1 is 1.47 bits per heavy atom. The number of rotatable bonds is 2. The molecule has 0 bridgehead atoms. The first kappa shape index (κ1) is 14.3. The van der Waals surface area contributed by atoms with Crippen LogP contribution in [0.5, 0.6) is 0 Å². The summed E-state index contributed by atoms with van der Waals surface area (Å²) in [6, 6.07) is 1.92. The molecule has 19 heavy (non-hydrogen) atoms. The number of nitrogens with zero attached hydrogens (tertiary/aromatic N) is 2. The first-order valence-electron chi connectivity index (χ1n) is 6.16. The van der Waals surface area contributed by atoms with E-state index >= 15 is 0 Å². The van der Waals surface area contributed by atoms with Crippen molar-refractivity contribution in [3.8, 4) is 0 Å². The molecule has 2 rings (SSSR count). The van der Waals surface area contributed by atoms with E-state index < -0.39 is 0 Å². The second-order valence-electron chi connectivity index (χ2n) is 5.84. The topological polar surface area (TPSA) is 43.3 Å². The zero-order valence-corrected chi connectivity index (χ0v) is 13.2. The number of fused-ring (bicyclic) bond motifs is 1. The fourth-order valence-electron chi connectivity index (χ4n) is 2.25. The number of imidazole rings is 1. The van der Waals surface area contributed by atoms with Gasteiger partial charge in [0, 0.05) is 18.0 Å². The second kappa shape index (κ2) is 4.76. The number of thiocarbonyl (C=S) groups is 1. The lowest BCUT2D eigenvalue weighted by atomic mass is 9.90. The van der Waals surface area contributed by atoms with E-state index in [0.717, 1.165) is 22.6 Å². The van der Waals surface area contributed by atoms with Gasteiger partial charge in [0.25, 0.3) is 0 Å². The summed E-state index contributed by atoms with van der Waals surface area (Å²) in [4.78, 5) is 5.23. The third kappa shape index (κ3) is 2.74. The minimum absolute atomic E-state index is 0.0644. The summed E-state index contributed by atoms with van der Waals surface area (Å²) >= 11 is 11.2. The van der Waals surface area contributed by atoms with Gasteiger partial charge in [-0.2, -0.15) is 0 Å². The van der Waals surface area contributed by atoms with Gasteiger partial charge in [0.15, 0.2) is 0 Å². The van der Waals surface area contributed by atoms with Gasteiger partial charge >= 0.3 is 0 Å². The quantitative estimate of drug-likeness (QED) is 0.863. The Morgan fingerprint density at radius 2 is 2.11 bits per heavy atom. The molecule has 0 saturated heterocycles. The molecule has 2 aromatic rings. The average molecular weight is 296 g/mol. The van der Waals surface area contributed by atoms with E-state index in [0.29, 0.717) is 16.4 Å². The van der Waals surface area contributed by atoms with Crippen LogP contribution < -0.4 is 5.73 Å². The van der Waals surface area contributed by atoms with Crippen LogP contribution in [0.1, 0.15) is 37.7 Å². The maximum atomic E-state index is 6.14. The number of pyridine rings is 1. The molecule has 2 aromatic heterocycles. The lowest BCUT2D eigenvalue weighted by molar-refractivity contribution is 0.567. The summed E-state index contributed by atoms with van der Waals surface area (Å²) in [6.07, 6.45) is 2.41. The van der Waals surface area contributed by atoms with E-state index in [1.807, 2.05) is 23.6 Å². The van der Waals surface area contributed by atoms with Crippen molar-refractivity contribution in [1.29, 1.82) is 0 Å². The predicted molar refractivity (Wildman–Crippen MR) is 84.1 cm³/mol. The van der Waals surface area contributed by atoms with E-state index in [1.54, 1.807) is 0 Å². The van der Waals surface area contributed by atoms with Gasteiger partial charge < -0.3 is 10.1 Å². The molecule has 2 heterocycles. The van der Waals surface area contributed by atoms with E-state index in [-0.39, 0.29) is 5.41 Å². The Bertz CT molecular complexity index is 653. The molecule has 0 fully saturated rings. The van der Waals surface area contributed by atoms with Crippen LogP contribution in [-0.2, 0) is 11.8 Å². The molecule has 0 aliphatic rings. The summed E-state index contributed by atoms with van der Waals surface area (Å²) in [7, 11) is 0. The van der Waals surface area contributed by atoms with Crippen molar-refractivity contribution >= 4 is 34.5 Å². The third-order valence-corrected chi connectivity index (χ3v) is 3.37. The monoisotopic (exact) mass is 295 g/mol. The summed E-state index contributed by atoms with van der Waals surface area (Å²) in [5.74, 6) is 0. The van der Waals surface area contributed by atoms with Crippen LogP contribution in [-0.4, -0.2) is 14.4 Å². The zero-order chi connectivity index (χ0) is 14.4. The number of aryl methyl sites for hydroxylation is 1.